The highest BCUT2D eigenvalue weighted by atomic mass is 32.1. The maximum atomic E-state index is 14.1. The zero-order valence-corrected chi connectivity index (χ0v) is 19.1. The van der Waals surface area contributed by atoms with Gasteiger partial charge in [-0.1, -0.05) is 19.1 Å². The van der Waals surface area contributed by atoms with Crippen molar-refractivity contribution in [2.75, 3.05) is 32.8 Å². The summed E-state index contributed by atoms with van der Waals surface area (Å²) in [6, 6.07) is 7.96. The summed E-state index contributed by atoms with van der Waals surface area (Å²) in [6.07, 6.45) is 2.98. The second-order valence-electron chi connectivity index (χ2n) is 8.16. The largest absolute Gasteiger partial charge is 0.488 e. The van der Waals surface area contributed by atoms with Crippen LogP contribution in [0.3, 0.4) is 0 Å². The number of hydrogen-bond donors (Lipinski definition) is 0. The molecule has 1 fully saturated rings. The second-order valence-corrected chi connectivity index (χ2v) is 9.16. The third-order valence-corrected chi connectivity index (χ3v) is 7.07. The molecule has 0 N–H and O–H groups in total. The minimum absolute atomic E-state index is 0.0108. The van der Waals surface area contributed by atoms with Crippen LogP contribution in [0.15, 0.2) is 35.7 Å². The molecule has 0 bridgehead atoms. The molecule has 172 valence electrons. The minimum Gasteiger partial charge on any atom is -0.488 e. The van der Waals surface area contributed by atoms with E-state index < -0.39 is 5.82 Å². The summed E-state index contributed by atoms with van der Waals surface area (Å²) < 4.78 is 25.6. The lowest BCUT2D eigenvalue weighted by atomic mass is 10.0. The van der Waals surface area contributed by atoms with Crippen molar-refractivity contribution in [2.24, 2.45) is 0 Å². The Morgan fingerprint density at radius 1 is 1.31 bits per heavy atom. The van der Waals surface area contributed by atoms with Crippen LogP contribution in [0.4, 0.5) is 4.39 Å². The molecule has 2 aliphatic rings. The minimum atomic E-state index is -0.428. The van der Waals surface area contributed by atoms with Crippen LogP contribution >= 0.6 is 11.3 Å². The Morgan fingerprint density at radius 2 is 2.16 bits per heavy atom. The molecule has 1 aromatic carbocycles. The van der Waals surface area contributed by atoms with Gasteiger partial charge in [0.15, 0.2) is 11.6 Å². The maximum Gasteiger partial charge on any atom is 0.242 e. The van der Waals surface area contributed by atoms with E-state index in [1.165, 1.54) is 10.9 Å². The Balaban J connectivity index is 1.49. The molecule has 0 spiro atoms. The van der Waals surface area contributed by atoms with E-state index in [4.69, 9.17) is 9.47 Å². The predicted octanol–water partition coefficient (Wildman–Crippen LogP) is 3.81. The monoisotopic (exact) mass is 460 g/mol. The van der Waals surface area contributed by atoms with Crippen LogP contribution in [-0.4, -0.2) is 60.6 Å². The molecule has 2 aliphatic heterocycles. The SMILES string of the molecule is CCC(=O)N(CC(=O)N1CCc2sccc2[C@H]1COc1ccccc1F)C[C@H]1CCCO1. The standard InChI is InChI=1S/C24H29FN2O4S/c1-2-23(28)26(14-17-6-5-12-30-17)15-24(29)27-11-9-22-18(10-13-32-22)20(27)16-31-21-8-4-3-7-19(21)25/h3-4,7-8,10,13,17,20H,2,5-6,9,11-12,14-16H2,1H3/t17-,20-/m1/s1. The molecule has 2 aromatic rings. The lowest BCUT2D eigenvalue weighted by Crippen LogP contribution is -2.49. The van der Waals surface area contributed by atoms with E-state index in [0.29, 0.717) is 26.1 Å². The van der Waals surface area contributed by atoms with Crippen LogP contribution < -0.4 is 4.74 Å². The van der Waals surface area contributed by atoms with Crippen molar-refractivity contribution in [1.29, 1.82) is 0 Å². The zero-order chi connectivity index (χ0) is 22.5. The van der Waals surface area contributed by atoms with Gasteiger partial charge in [0.25, 0.3) is 0 Å². The van der Waals surface area contributed by atoms with Gasteiger partial charge in [-0.05, 0) is 48.4 Å². The van der Waals surface area contributed by atoms with Crippen molar-refractivity contribution in [2.45, 2.75) is 44.8 Å². The smallest absolute Gasteiger partial charge is 0.242 e. The van der Waals surface area contributed by atoms with Crippen molar-refractivity contribution in [3.63, 3.8) is 0 Å². The molecule has 1 aromatic heterocycles. The molecule has 8 heteroatoms. The molecular weight excluding hydrogens is 431 g/mol. The molecule has 1 saturated heterocycles. The normalized spacial score (nSPS) is 20.1. The summed E-state index contributed by atoms with van der Waals surface area (Å²) in [5.74, 6) is -0.434. The number of fused-ring (bicyclic) bond motifs is 1. The molecule has 0 aliphatic carbocycles. The average molecular weight is 461 g/mol. The number of nitrogens with zero attached hydrogens (tertiary/aromatic N) is 2. The van der Waals surface area contributed by atoms with Crippen molar-refractivity contribution in [3.8, 4) is 5.75 Å². The van der Waals surface area contributed by atoms with Gasteiger partial charge in [-0.2, -0.15) is 0 Å². The number of thiophene rings is 1. The Bertz CT molecular complexity index is 944. The summed E-state index contributed by atoms with van der Waals surface area (Å²) in [4.78, 5) is 30.5. The zero-order valence-electron chi connectivity index (χ0n) is 18.3. The van der Waals surface area contributed by atoms with E-state index in [1.807, 2.05) is 11.4 Å². The Kier molecular flexibility index (Phi) is 7.42. The van der Waals surface area contributed by atoms with Gasteiger partial charge in [-0.3, -0.25) is 9.59 Å². The number of rotatable bonds is 8. The summed E-state index contributed by atoms with van der Waals surface area (Å²) >= 11 is 1.66. The molecule has 2 amide bonds. The van der Waals surface area contributed by atoms with E-state index in [0.717, 1.165) is 24.8 Å². The third kappa shape index (κ3) is 5.13. The number of halogens is 1. The van der Waals surface area contributed by atoms with Crippen molar-refractivity contribution in [3.05, 3.63) is 52.0 Å². The number of carbonyl (C=O) groups is 2. The first-order valence-corrected chi connectivity index (χ1v) is 12.1. The maximum absolute atomic E-state index is 14.1. The molecular formula is C24H29FN2O4S. The van der Waals surface area contributed by atoms with Gasteiger partial charge in [-0.15, -0.1) is 11.3 Å². The first kappa shape index (κ1) is 22.7. The molecule has 32 heavy (non-hydrogen) atoms. The first-order chi connectivity index (χ1) is 15.6. The number of benzene rings is 1. The Hall–Kier alpha value is -2.45. The highest BCUT2D eigenvalue weighted by molar-refractivity contribution is 7.10. The van der Waals surface area contributed by atoms with Gasteiger partial charge < -0.3 is 19.3 Å². The lowest BCUT2D eigenvalue weighted by Gasteiger charge is -2.37. The van der Waals surface area contributed by atoms with Gasteiger partial charge in [-0.25, -0.2) is 4.39 Å². The molecule has 0 radical (unpaired) electrons. The van der Waals surface area contributed by atoms with Crippen LogP contribution in [-0.2, 0) is 20.7 Å². The summed E-state index contributed by atoms with van der Waals surface area (Å²) in [5, 5.41) is 2.01. The van der Waals surface area contributed by atoms with Gasteiger partial charge in [0.05, 0.1) is 18.7 Å². The second kappa shape index (κ2) is 10.4. The Labute approximate surface area is 191 Å². The average Bonchev–Trinajstić information content (AvgIpc) is 3.49. The highest BCUT2D eigenvalue weighted by Gasteiger charge is 2.34. The summed E-state index contributed by atoms with van der Waals surface area (Å²) in [7, 11) is 0. The lowest BCUT2D eigenvalue weighted by molar-refractivity contribution is -0.143. The molecule has 6 nitrogen and oxygen atoms in total. The summed E-state index contributed by atoms with van der Waals surface area (Å²) in [5.41, 5.74) is 1.04. The van der Waals surface area contributed by atoms with Crippen molar-refractivity contribution in [1.82, 2.24) is 9.80 Å². The number of carbonyl (C=O) groups excluding carboxylic acids is 2. The van der Waals surface area contributed by atoms with Crippen LogP contribution in [0.1, 0.15) is 42.7 Å². The van der Waals surface area contributed by atoms with Crippen LogP contribution in [0, 0.1) is 5.82 Å². The predicted molar refractivity (Wildman–Crippen MR) is 120 cm³/mol. The van der Waals surface area contributed by atoms with Crippen molar-refractivity contribution >= 4 is 23.2 Å². The molecule has 3 heterocycles. The number of para-hydroxylation sites is 1. The molecule has 2 atom stereocenters. The third-order valence-electron chi connectivity index (χ3n) is 6.08. The van der Waals surface area contributed by atoms with Crippen LogP contribution in [0.25, 0.3) is 0 Å². The Morgan fingerprint density at radius 3 is 2.91 bits per heavy atom. The van der Waals surface area contributed by atoms with Crippen LogP contribution in [0.2, 0.25) is 0 Å². The van der Waals surface area contributed by atoms with E-state index in [-0.39, 0.29) is 42.9 Å². The number of ether oxygens (including phenoxy) is 2. The number of hydrogen-bond acceptors (Lipinski definition) is 5. The first-order valence-electron chi connectivity index (χ1n) is 11.2. The highest BCUT2D eigenvalue weighted by Crippen LogP contribution is 2.34. The summed E-state index contributed by atoms with van der Waals surface area (Å²) in [6.45, 7) is 3.67. The van der Waals surface area contributed by atoms with Gasteiger partial charge in [0, 0.05) is 31.0 Å². The van der Waals surface area contributed by atoms with Gasteiger partial charge in [0.1, 0.15) is 6.61 Å². The van der Waals surface area contributed by atoms with E-state index in [9.17, 15) is 14.0 Å². The molecule has 4 rings (SSSR count). The van der Waals surface area contributed by atoms with Crippen molar-refractivity contribution < 1.29 is 23.5 Å². The fraction of sp³-hybridized carbons (Fsp3) is 0.500. The molecule has 0 unspecified atom stereocenters. The number of amides is 2. The molecule has 0 saturated carbocycles. The fourth-order valence-electron chi connectivity index (χ4n) is 4.37. The van der Waals surface area contributed by atoms with Gasteiger partial charge >= 0.3 is 0 Å². The van der Waals surface area contributed by atoms with E-state index >= 15 is 0 Å². The van der Waals surface area contributed by atoms with E-state index in [2.05, 4.69) is 0 Å². The quantitative estimate of drug-likeness (QED) is 0.601. The fourth-order valence-corrected chi connectivity index (χ4v) is 5.30. The van der Waals surface area contributed by atoms with Gasteiger partial charge in [0.2, 0.25) is 11.8 Å². The topological polar surface area (TPSA) is 59.1 Å². The van der Waals surface area contributed by atoms with E-state index in [1.54, 1.807) is 46.3 Å². The van der Waals surface area contributed by atoms with Crippen LogP contribution in [0.5, 0.6) is 5.75 Å².